The molecule has 3 aromatic rings. The Kier molecular flexibility index (Phi) is 5.82. The van der Waals surface area contributed by atoms with Crippen LogP contribution in [0, 0.1) is 11.3 Å². The van der Waals surface area contributed by atoms with Crippen LogP contribution in [-0.2, 0) is 6.18 Å². The van der Waals surface area contributed by atoms with Gasteiger partial charge in [0.15, 0.2) is 0 Å². The molecule has 1 heterocycles. The minimum atomic E-state index is -4.87. The molecule has 0 atom stereocenters. The molecule has 0 saturated carbocycles. The number of hydrogen-bond acceptors (Lipinski definition) is 3. The van der Waals surface area contributed by atoms with E-state index in [-0.39, 0.29) is 18.8 Å². The first kappa shape index (κ1) is 21.4. The summed E-state index contributed by atoms with van der Waals surface area (Å²) in [4.78, 5) is 3.73. The standard InChI is InChI=1S/C20H15F6N3O/c21-19(22,23)12-29(15-2-1-14(11-27)17(10-15)20(24,25)26)7-8-30-16-3-4-18-13(9-16)5-6-28-18/h1-6,9-10,28H,7-8,12H2. The zero-order valence-corrected chi connectivity index (χ0v) is 15.3. The fraction of sp³-hybridized carbons (Fsp3) is 0.250. The predicted octanol–water partition coefficient (Wildman–Crippen LogP) is 5.51. The summed E-state index contributed by atoms with van der Waals surface area (Å²) in [5, 5.41) is 9.71. The number of aromatic amines is 1. The van der Waals surface area contributed by atoms with Crippen LogP contribution in [0.5, 0.6) is 5.75 Å². The lowest BCUT2D eigenvalue weighted by atomic mass is 10.1. The van der Waals surface area contributed by atoms with E-state index in [0.717, 1.165) is 27.9 Å². The molecule has 0 bridgehead atoms. The minimum absolute atomic E-state index is 0.187. The van der Waals surface area contributed by atoms with Crippen molar-refractivity contribution in [3.05, 3.63) is 59.8 Å². The Bertz CT molecular complexity index is 1060. The van der Waals surface area contributed by atoms with Crippen LogP contribution in [0.1, 0.15) is 11.1 Å². The Hall–Kier alpha value is -3.35. The summed E-state index contributed by atoms with van der Waals surface area (Å²) in [6.07, 6.45) is -7.79. The van der Waals surface area contributed by atoms with Gasteiger partial charge in [0.2, 0.25) is 0 Å². The van der Waals surface area contributed by atoms with Crippen molar-refractivity contribution in [3.63, 3.8) is 0 Å². The molecule has 30 heavy (non-hydrogen) atoms. The Balaban J connectivity index is 1.80. The second-order valence-corrected chi connectivity index (χ2v) is 6.45. The van der Waals surface area contributed by atoms with Gasteiger partial charge in [-0.05, 0) is 42.5 Å². The van der Waals surface area contributed by atoms with Crippen molar-refractivity contribution < 1.29 is 31.1 Å². The minimum Gasteiger partial charge on any atom is -0.492 e. The van der Waals surface area contributed by atoms with Crippen molar-refractivity contribution in [2.24, 2.45) is 0 Å². The maximum Gasteiger partial charge on any atom is 0.417 e. The molecule has 0 fully saturated rings. The van der Waals surface area contributed by atoms with Gasteiger partial charge in [0, 0.05) is 22.8 Å². The van der Waals surface area contributed by atoms with E-state index in [0.29, 0.717) is 11.8 Å². The number of benzene rings is 2. The van der Waals surface area contributed by atoms with Crippen LogP contribution >= 0.6 is 0 Å². The van der Waals surface area contributed by atoms with E-state index >= 15 is 0 Å². The van der Waals surface area contributed by atoms with E-state index in [2.05, 4.69) is 4.98 Å². The molecule has 0 amide bonds. The number of nitrogens with zero attached hydrogens (tertiary/aromatic N) is 2. The van der Waals surface area contributed by atoms with Gasteiger partial charge in [0.05, 0.1) is 23.7 Å². The number of aromatic nitrogens is 1. The van der Waals surface area contributed by atoms with Crippen LogP contribution in [-0.4, -0.2) is 30.9 Å². The molecule has 1 aromatic heterocycles. The molecule has 0 unspecified atom stereocenters. The summed E-state index contributed by atoms with van der Waals surface area (Å²) in [6, 6.07) is 10.8. The Morgan fingerprint density at radius 1 is 1.00 bits per heavy atom. The summed E-state index contributed by atoms with van der Waals surface area (Å²) in [6.45, 7) is -1.96. The van der Waals surface area contributed by atoms with Crippen molar-refractivity contribution in [1.82, 2.24) is 4.98 Å². The highest BCUT2D eigenvalue weighted by molar-refractivity contribution is 5.80. The molecule has 0 radical (unpaired) electrons. The number of nitriles is 1. The zero-order chi connectivity index (χ0) is 21.9. The molecular formula is C20H15F6N3O. The van der Waals surface area contributed by atoms with Crippen molar-refractivity contribution in [3.8, 4) is 11.8 Å². The summed E-state index contributed by atoms with van der Waals surface area (Å²) < 4.78 is 84.0. The molecule has 0 aliphatic heterocycles. The maximum atomic E-state index is 13.2. The van der Waals surface area contributed by atoms with E-state index in [4.69, 9.17) is 10.00 Å². The Labute approximate surface area is 167 Å². The zero-order valence-electron chi connectivity index (χ0n) is 15.3. The SMILES string of the molecule is N#Cc1ccc(N(CCOc2ccc3[nH]ccc3c2)CC(F)(F)F)cc1C(F)(F)F. The number of ether oxygens (including phenoxy) is 1. The van der Waals surface area contributed by atoms with E-state index in [1.807, 2.05) is 0 Å². The van der Waals surface area contributed by atoms with Gasteiger partial charge < -0.3 is 14.6 Å². The number of alkyl halides is 6. The first-order valence-corrected chi connectivity index (χ1v) is 8.70. The van der Waals surface area contributed by atoms with E-state index in [1.54, 1.807) is 30.5 Å². The third kappa shape index (κ3) is 5.17. The van der Waals surface area contributed by atoms with Crippen molar-refractivity contribution in [2.45, 2.75) is 12.4 Å². The number of hydrogen-bond donors (Lipinski definition) is 1. The van der Waals surface area contributed by atoms with Gasteiger partial charge in [-0.2, -0.15) is 31.6 Å². The first-order chi connectivity index (χ1) is 14.1. The predicted molar refractivity (Wildman–Crippen MR) is 98.2 cm³/mol. The second-order valence-electron chi connectivity index (χ2n) is 6.45. The third-order valence-corrected chi connectivity index (χ3v) is 4.32. The third-order valence-electron chi connectivity index (χ3n) is 4.32. The van der Waals surface area contributed by atoms with Crippen LogP contribution in [0.3, 0.4) is 0 Å². The average molecular weight is 427 g/mol. The van der Waals surface area contributed by atoms with Crippen molar-refractivity contribution in [1.29, 1.82) is 5.26 Å². The molecule has 3 rings (SSSR count). The molecule has 2 aromatic carbocycles. The number of fused-ring (bicyclic) bond motifs is 1. The molecule has 158 valence electrons. The molecular weight excluding hydrogens is 412 g/mol. The van der Waals surface area contributed by atoms with Crippen LogP contribution in [0.15, 0.2) is 48.7 Å². The van der Waals surface area contributed by atoms with Crippen LogP contribution < -0.4 is 9.64 Å². The molecule has 10 heteroatoms. The van der Waals surface area contributed by atoms with Crippen LogP contribution in [0.25, 0.3) is 10.9 Å². The lowest BCUT2D eigenvalue weighted by Gasteiger charge is -2.27. The molecule has 0 aliphatic carbocycles. The fourth-order valence-electron chi connectivity index (χ4n) is 2.97. The number of H-pyrrole nitrogens is 1. The average Bonchev–Trinajstić information content (AvgIpc) is 3.13. The van der Waals surface area contributed by atoms with E-state index in [1.165, 1.54) is 6.07 Å². The lowest BCUT2D eigenvalue weighted by molar-refractivity contribution is -0.137. The van der Waals surface area contributed by atoms with Crippen molar-refractivity contribution >= 4 is 16.6 Å². The van der Waals surface area contributed by atoms with Gasteiger partial charge >= 0.3 is 12.4 Å². The highest BCUT2D eigenvalue weighted by Gasteiger charge is 2.36. The first-order valence-electron chi connectivity index (χ1n) is 8.70. The summed E-state index contributed by atoms with van der Waals surface area (Å²) in [7, 11) is 0. The van der Waals surface area contributed by atoms with Crippen molar-refractivity contribution in [2.75, 3.05) is 24.6 Å². The monoisotopic (exact) mass is 427 g/mol. The smallest absolute Gasteiger partial charge is 0.417 e. The number of halogens is 6. The van der Waals surface area contributed by atoms with Gasteiger partial charge in [-0.15, -0.1) is 0 Å². The molecule has 4 nitrogen and oxygen atoms in total. The lowest BCUT2D eigenvalue weighted by Crippen LogP contribution is -2.37. The normalized spacial score (nSPS) is 12.0. The van der Waals surface area contributed by atoms with Gasteiger partial charge in [-0.25, -0.2) is 0 Å². The Morgan fingerprint density at radius 2 is 1.77 bits per heavy atom. The maximum absolute atomic E-state index is 13.2. The number of rotatable bonds is 6. The summed E-state index contributed by atoms with van der Waals surface area (Å²) >= 11 is 0. The summed E-state index contributed by atoms with van der Waals surface area (Å²) in [5.74, 6) is 0.421. The molecule has 0 aliphatic rings. The molecule has 0 saturated heterocycles. The van der Waals surface area contributed by atoms with Gasteiger partial charge in [-0.1, -0.05) is 0 Å². The topological polar surface area (TPSA) is 52.1 Å². The Morgan fingerprint density at radius 3 is 2.43 bits per heavy atom. The van der Waals surface area contributed by atoms with Gasteiger partial charge in [-0.3, -0.25) is 0 Å². The molecule has 0 spiro atoms. The van der Waals surface area contributed by atoms with Gasteiger partial charge in [0.1, 0.15) is 18.9 Å². The number of anilines is 1. The number of nitrogens with one attached hydrogen (secondary N) is 1. The van der Waals surface area contributed by atoms with E-state index in [9.17, 15) is 26.3 Å². The quantitative estimate of drug-likeness (QED) is 0.528. The highest BCUT2D eigenvalue weighted by Crippen LogP contribution is 2.35. The van der Waals surface area contributed by atoms with E-state index < -0.39 is 30.0 Å². The summed E-state index contributed by atoms with van der Waals surface area (Å²) in [5.41, 5.74) is -1.38. The second kappa shape index (κ2) is 8.18. The largest absolute Gasteiger partial charge is 0.492 e. The highest BCUT2D eigenvalue weighted by atomic mass is 19.4. The fourth-order valence-corrected chi connectivity index (χ4v) is 2.97. The van der Waals surface area contributed by atoms with Gasteiger partial charge in [0.25, 0.3) is 0 Å². The van der Waals surface area contributed by atoms with Crippen LogP contribution in [0.4, 0.5) is 32.0 Å². The van der Waals surface area contributed by atoms with Crippen LogP contribution in [0.2, 0.25) is 0 Å². The molecule has 1 N–H and O–H groups in total.